The quantitative estimate of drug-likeness (QED) is 0.532. The Labute approximate surface area is 183 Å². The van der Waals surface area contributed by atoms with Crippen LogP contribution in [0.2, 0.25) is 0 Å². The number of carbonyl (C=O) groups is 2. The highest BCUT2D eigenvalue weighted by atomic mass is 16.2. The molecule has 0 saturated carbocycles. The molecule has 31 heavy (non-hydrogen) atoms. The first-order valence-corrected chi connectivity index (χ1v) is 10.7. The Hall–Kier alpha value is -3.47. The predicted octanol–water partition coefficient (Wildman–Crippen LogP) is 4.70. The van der Waals surface area contributed by atoms with E-state index >= 15 is 0 Å². The van der Waals surface area contributed by atoms with E-state index in [1.54, 1.807) is 6.20 Å². The van der Waals surface area contributed by atoms with E-state index < -0.39 is 0 Å². The lowest BCUT2D eigenvalue weighted by Gasteiger charge is -2.15. The number of hydrogen-bond donors (Lipinski definition) is 2. The minimum absolute atomic E-state index is 0.00162. The highest BCUT2D eigenvalue weighted by Gasteiger charge is 2.17. The molecule has 0 radical (unpaired) electrons. The first-order chi connectivity index (χ1) is 15.1. The first kappa shape index (κ1) is 22.2. The van der Waals surface area contributed by atoms with Crippen molar-refractivity contribution < 1.29 is 9.59 Å². The van der Waals surface area contributed by atoms with E-state index in [-0.39, 0.29) is 17.7 Å². The van der Waals surface area contributed by atoms with E-state index in [9.17, 15) is 9.59 Å². The van der Waals surface area contributed by atoms with Crippen LogP contribution in [0.3, 0.4) is 0 Å². The van der Waals surface area contributed by atoms with E-state index in [1.165, 1.54) is 0 Å². The van der Waals surface area contributed by atoms with Gasteiger partial charge >= 0.3 is 0 Å². The molecule has 0 fully saturated rings. The maximum absolute atomic E-state index is 12.6. The first-order valence-electron chi connectivity index (χ1n) is 10.7. The molecule has 160 valence electrons. The molecule has 0 bridgehead atoms. The van der Waals surface area contributed by atoms with Crippen LogP contribution in [0.5, 0.6) is 0 Å². The summed E-state index contributed by atoms with van der Waals surface area (Å²) >= 11 is 0. The highest BCUT2D eigenvalue weighted by Crippen LogP contribution is 2.26. The minimum Gasteiger partial charge on any atom is -0.352 e. The van der Waals surface area contributed by atoms with Crippen LogP contribution in [0.1, 0.15) is 54.2 Å². The minimum atomic E-state index is -0.187. The fourth-order valence-electron chi connectivity index (χ4n) is 3.51. The number of pyridine rings is 1. The number of hydrogen-bond acceptors (Lipinski definition) is 3. The monoisotopic (exact) mass is 415 g/mol. The molecule has 2 aromatic carbocycles. The second kappa shape index (κ2) is 11.1. The Kier molecular flexibility index (Phi) is 7.93. The van der Waals surface area contributed by atoms with Crippen LogP contribution in [0.4, 0.5) is 0 Å². The molecule has 0 aliphatic carbocycles. The zero-order valence-electron chi connectivity index (χ0n) is 18.1. The molecule has 1 aromatic heterocycles. The Balaban J connectivity index is 1.73. The highest BCUT2D eigenvalue weighted by molar-refractivity contribution is 5.99. The van der Waals surface area contributed by atoms with Crippen LogP contribution >= 0.6 is 0 Å². The van der Waals surface area contributed by atoms with Crippen LogP contribution in [-0.2, 0) is 11.3 Å². The lowest BCUT2D eigenvalue weighted by atomic mass is 9.96. The number of aromatic nitrogens is 1. The van der Waals surface area contributed by atoms with Gasteiger partial charge < -0.3 is 10.6 Å². The van der Waals surface area contributed by atoms with Gasteiger partial charge in [0.2, 0.25) is 5.91 Å². The Morgan fingerprint density at radius 3 is 2.39 bits per heavy atom. The van der Waals surface area contributed by atoms with Crippen molar-refractivity contribution >= 4 is 11.8 Å². The molecule has 0 aliphatic rings. The van der Waals surface area contributed by atoms with Gasteiger partial charge in [-0.3, -0.25) is 14.6 Å². The van der Waals surface area contributed by atoms with E-state index in [4.69, 9.17) is 0 Å². The largest absolute Gasteiger partial charge is 0.352 e. The second-order valence-electron chi connectivity index (χ2n) is 7.61. The number of nitrogens with one attached hydrogen (secondary N) is 2. The molecule has 2 N–H and O–H groups in total. The molecule has 0 unspecified atom stereocenters. The van der Waals surface area contributed by atoms with Gasteiger partial charge in [0.25, 0.3) is 5.91 Å². The molecule has 1 atom stereocenters. The van der Waals surface area contributed by atoms with Gasteiger partial charge in [-0.05, 0) is 35.1 Å². The van der Waals surface area contributed by atoms with Crippen molar-refractivity contribution in [2.24, 2.45) is 0 Å². The van der Waals surface area contributed by atoms with Crippen molar-refractivity contribution in [1.29, 1.82) is 0 Å². The Morgan fingerprint density at radius 2 is 1.61 bits per heavy atom. The van der Waals surface area contributed by atoms with Crippen molar-refractivity contribution in [3.8, 4) is 11.1 Å². The van der Waals surface area contributed by atoms with E-state index in [1.807, 2.05) is 73.7 Å². The van der Waals surface area contributed by atoms with Crippen LogP contribution in [0, 0.1) is 0 Å². The van der Waals surface area contributed by atoms with Crippen molar-refractivity contribution in [1.82, 2.24) is 15.6 Å². The molecular formula is C26H29N3O2. The molecule has 3 rings (SSSR count). The number of benzene rings is 2. The summed E-state index contributed by atoms with van der Waals surface area (Å²) in [5, 5.41) is 5.93. The maximum Gasteiger partial charge on any atom is 0.270 e. The summed E-state index contributed by atoms with van der Waals surface area (Å²) in [6.45, 7) is 5.06. The zero-order valence-corrected chi connectivity index (χ0v) is 18.1. The fourth-order valence-corrected chi connectivity index (χ4v) is 3.51. The fraction of sp³-hybridized carbons (Fsp3) is 0.269. The third-order valence-electron chi connectivity index (χ3n) is 5.20. The van der Waals surface area contributed by atoms with Crippen molar-refractivity contribution in [2.45, 2.75) is 39.2 Å². The van der Waals surface area contributed by atoms with Gasteiger partial charge in [0, 0.05) is 31.3 Å². The molecule has 5 nitrogen and oxygen atoms in total. The predicted molar refractivity (Wildman–Crippen MR) is 124 cm³/mol. The molecule has 0 saturated heterocycles. The van der Waals surface area contributed by atoms with Gasteiger partial charge in [0.05, 0.1) is 0 Å². The second-order valence-corrected chi connectivity index (χ2v) is 7.61. The summed E-state index contributed by atoms with van der Waals surface area (Å²) in [4.78, 5) is 29.5. The smallest absolute Gasteiger partial charge is 0.270 e. The van der Waals surface area contributed by atoms with E-state index in [2.05, 4.69) is 22.5 Å². The maximum atomic E-state index is 12.6. The number of rotatable bonds is 9. The molecule has 3 aromatic rings. The van der Waals surface area contributed by atoms with Gasteiger partial charge in [-0.2, -0.15) is 0 Å². The Morgan fingerprint density at radius 1 is 0.903 bits per heavy atom. The standard InChI is InChI=1S/C26H29N3O2/c1-3-15-28-26(31)25-23(14-9-16-27-25)22-13-8-7-12-21(22)18-29-24(30)17-19(2)20-10-5-4-6-11-20/h4-14,16,19H,3,15,17-18H2,1-2H3,(H,28,31)(H,29,30)/t19-/m1/s1. The lowest BCUT2D eigenvalue weighted by molar-refractivity contribution is -0.121. The van der Waals surface area contributed by atoms with Crippen molar-refractivity contribution in [3.63, 3.8) is 0 Å². The summed E-state index contributed by atoms with van der Waals surface area (Å²) in [7, 11) is 0. The summed E-state index contributed by atoms with van der Waals surface area (Å²) in [6, 6.07) is 21.5. The average Bonchev–Trinajstić information content (AvgIpc) is 2.82. The van der Waals surface area contributed by atoms with E-state index in [0.717, 1.165) is 28.7 Å². The van der Waals surface area contributed by atoms with Gasteiger partial charge in [-0.1, -0.05) is 74.5 Å². The summed E-state index contributed by atoms with van der Waals surface area (Å²) in [6.07, 6.45) is 2.90. The van der Waals surface area contributed by atoms with Crippen molar-refractivity contribution in [3.05, 3.63) is 89.7 Å². The molecule has 1 heterocycles. The van der Waals surface area contributed by atoms with Crippen LogP contribution in [0.15, 0.2) is 72.9 Å². The SMILES string of the molecule is CCCNC(=O)c1ncccc1-c1ccccc1CNC(=O)C[C@@H](C)c1ccccc1. The van der Waals surface area contributed by atoms with Crippen molar-refractivity contribution in [2.75, 3.05) is 6.54 Å². The summed E-state index contributed by atoms with van der Waals surface area (Å²) in [5.41, 5.74) is 4.15. The molecule has 2 amide bonds. The summed E-state index contributed by atoms with van der Waals surface area (Å²) in [5.74, 6) is -0.0464. The Bertz CT molecular complexity index is 1020. The zero-order chi connectivity index (χ0) is 22.1. The molecule has 0 spiro atoms. The lowest BCUT2D eigenvalue weighted by Crippen LogP contribution is -2.26. The number of carbonyl (C=O) groups excluding carboxylic acids is 2. The van der Waals surface area contributed by atoms with Gasteiger partial charge in [-0.25, -0.2) is 0 Å². The third kappa shape index (κ3) is 6.01. The summed E-state index contributed by atoms with van der Waals surface area (Å²) < 4.78 is 0. The average molecular weight is 416 g/mol. The van der Waals surface area contributed by atoms with Gasteiger partial charge in [0.1, 0.15) is 5.69 Å². The van der Waals surface area contributed by atoms with Gasteiger partial charge in [0.15, 0.2) is 0 Å². The topological polar surface area (TPSA) is 71.1 Å². The normalized spacial score (nSPS) is 11.5. The van der Waals surface area contributed by atoms with Crippen LogP contribution < -0.4 is 10.6 Å². The third-order valence-corrected chi connectivity index (χ3v) is 5.20. The van der Waals surface area contributed by atoms with Gasteiger partial charge in [-0.15, -0.1) is 0 Å². The molecule has 5 heteroatoms. The number of nitrogens with zero attached hydrogens (tertiary/aromatic N) is 1. The van der Waals surface area contributed by atoms with Crippen LogP contribution in [-0.4, -0.2) is 23.3 Å². The van der Waals surface area contributed by atoms with Crippen LogP contribution in [0.25, 0.3) is 11.1 Å². The molecular weight excluding hydrogens is 386 g/mol. The molecule has 0 aliphatic heterocycles. The number of amides is 2. The van der Waals surface area contributed by atoms with E-state index in [0.29, 0.717) is 25.2 Å².